The van der Waals surface area contributed by atoms with Gasteiger partial charge in [-0.15, -0.1) is 0 Å². The summed E-state index contributed by atoms with van der Waals surface area (Å²) in [5.41, 5.74) is 1.13. The number of carboxylic acids is 1. The highest BCUT2D eigenvalue weighted by Crippen LogP contribution is 2.27. The molecule has 96 valence electrons. The van der Waals surface area contributed by atoms with Crippen LogP contribution >= 0.6 is 15.9 Å². The minimum absolute atomic E-state index is 0.108. The van der Waals surface area contributed by atoms with E-state index in [1.807, 2.05) is 13.8 Å². The van der Waals surface area contributed by atoms with Gasteiger partial charge in [-0.25, -0.2) is 0 Å². The maximum atomic E-state index is 10.9. The summed E-state index contributed by atoms with van der Waals surface area (Å²) in [6, 6.07) is 7.46. The van der Waals surface area contributed by atoms with Gasteiger partial charge in [0, 0.05) is 11.0 Å². The van der Waals surface area contributed by atoms with Crippen LogP contribution < -0.4 is 4.90 Å². The van der Waals surface area contributed by atoms with Crippen LogP contribution in [0.2, 0.25) is 0 Å². The van der Waals surface area contributed by atoms with Gasteiger partial charge in [-0.2, -0.15) is 5.26 Å². The summed E-state index contributed by atoms with van der Waals surface area (Å²) < 4.78 is 0.682. The molecule has 18 heavy (non-hydrogen) atoms. The molecule has 1 rings (SSSR count). The molecule has 0 aliphatic rings. The monoisotopic (exact) mass is 310 g/mol. The Morgan fingerprint density at radius 3 is 2.72 bits per heavy atom. The third kappa shape index (κ3) is 3.74. The van der Waals surface area contributed by atoms with Crippen LogP contribution in [-0.2, 0) is 4.79 Å². The van der Waals surface area contributed by atoms with Crippen molar-refractivity contribution in [1.29, 1.82) is 5.26 Å². The van der Waals surface area contributed by atoms with Crippen molar-refractivity contribution in [3.05, 3.63) is 28.2 Å². The summed E-state index contributed by atoms with van der Waals surface area (Å²) in [4.78, 5) is 12.6. The fourth-order valence-electron chi connectivity index (χ4n) is 1.74. The number of hydrogen-bond acceptors (Lipinski definition) is 3. The van der Waals surface area contributed by atoms with Crippen LogP contribution in [0.5, 0.6) is 0 Å². The zero-order valence-corrected chi connectivity index (χ0v) is 11.9. The summed E-state index contributed by atoms with van der Waals surface area (Å²) in [5.74, 6) is -0.589. The highest BCUT2D eigenvalue weighted by atomic mass is 79.9. The van der Waals surface area contributed by atoms with E-state index < -0.39 is 5.97 Å². The molecular weight excluding hydrogens is 296 g/mol. The van der Waals surface area contributed by atoms with Gasteiger partial charge in [0.1, 0.15) is 12.6 Å². The second-order valence-corrected chi connectivity index (χ2v) is 5.27. The summed E-state index contributed by atoms with van der Waals surface area (Å²) in [6.45, 7) is 4.51. The molecule has 0 saturated heterocycles. The van der Waals surface area contributed by atoms with E-state index in [9.17, 15) is 4.79 Å². The van der Waals surface area contributed by atoms with Crippen LogP contribution in [0.4, 0.5) is 5.69 Å². The maximum absolute atomic E-state index is 10.9. The Balaban J connectivity index is 3.16. The Morgan fingerprint density at radius 2 is 2.22 bits per heavy atom. The quantitative estimate of drug-likeness (QED) is 0.908. The predicted molar refractivity (Wildman–Crippen MR) is 73.5 cm³/mol. The van der Waals surface area contributed by atoms with E-state index in [0.717, 1.165) is 0 Å². The number of benzene rings is 1. The molecule has 4 nitrogen and oxygen atoms in total. The lowest BCUT2D eigenvalue weighted by molar-refractivity contribution is -0.135. The van der Waals surface area contributed by atoms with E-state index in [0.29, 0.717) is 28.2 Å². The first kappa shape index (κ1) is 14.5. The molecular formula is C13H15BrN2O2. The van der Waals surface area contributed by atoms with Crippen LogP contribution in [-0.4, -0.2) is 24.2 Å². The lowest BCUT2D eigenvalue weighted by Crippen LogP contribution is -2.33. The molecule has 0 amide bonds. The zero-order chi connectivity index (χ0) is 13.7. The van der Waals surface area contributed by atoms with Gasteiger partial charge in [0.25, 0.3) is 0 Å². The first-order valence-corrected chi connectivity index (χ1v) is 6.40. The molecule has 1 aromatic rings. The lowest BCUT2D eigenvalue weighted by atomic mass is 10.1. The van der Waals surface area contributed by atoms with Crippen molar-refractivity contribution in [2.24, 2.45) is 5.92 Å². The largest absolute Gasteiger partial charge is 0.480 e. The topological polar surface area (TPSA) is 64.3 Å². The number of carboxylic acid groups (broad SMARTS) is 1. The number of anilines is 1. The SMILES string of the molecule is CC(C)CN(CC(=O)O)c1cccc(Br)c1C#N. The molecule has 0 spiro atoms. The van der Waals surface area contributed by atoms with E-state index >= 15 is 0 Å². The average molecular weight is 311 g/mol. The molecule has 0 aliphatic carbocycles. The Kier molecular flexibility index (Phi) is 5.17. The molecule has 1 aromatic carbocycles. The van der Waals surface area contributed by atoms with Crippen molar-refractivity contribution in [3.8, 4) is 6.07 Å². The third-order valence-electron chi connectivity index (χ3n) is 2.36. The average Bonchev–Trinajstić information content (AvgIpc) is 2.26. The fraction of sp³-hybridized carbons (Fsp3) is 0.385. The molecule has 0 saturated carbocycles. The summed E-state index contributed by atoms with van der Waals surface area (Å²) in [6.07, 6.45) is 0. The molecule has 0 heterocycles. The molecule has 5 heteroatoms. The number of aliphatic carboxylic acids is 1. The number of nitrogens with zero attached hydrogens (tertiary/aromatic N) is 2. The van der Waals surface area contributed by atoms with Gasteiger partial charge in [0.2, 0.25) is 0 Å². The Bertz CT molecular complexity index is 480. The second kappa shape index (κ2) is 6.41. The number of halogens is 1. The van der Waals surface area contributed by atoms with Gasteiger partial charge in [-0.3, -0.25) is 4.79 Å². The van der Waals surface area contributed by atoms with Crippen molar-refractivity contribution in [2.45, 2.75) is 13.8 Å². The highest BCUT2D eigenvalue weighted by Gasteiger charge is 2.17. The van der Waals surface area contributed by atoms with Crippen molar-refractivity contribution < 1.29 is 9.90 Å². The Labute approximate surface area is 115 Å². The summed E-state index contributed by atoms with van der Waals surface area (Å²) >= 11 is 3.31. The van der Waals surface area contributed by atoms with E-state index in [1.54, 1.807) is 23.1 Å². The number of hydrogen-bond donors (Lipinski definition) is 1. The number of carbonyl (C=O) groups is 1. The standard InChI is InChI=1S/C13H15BrN2O2/c1-9(2)7-16(8-13(17)18)12-5-3-4-11(14)10(12)6-15/h3-5,9H,7-8H2,1-2H3,(H,17,18). The molecule has 0 unspecified atom stereocenters. The van der Waals surface area contributed by atoms with Crippen LogP contribution in [0.1, 0.15) is 19.4 Å². The number of rotatable bonds is 5. The zero-order valence-electron chi connectivity index (χ0n) is 10.4. The van der Waals surface area contributed by atoms with Gasteiger partial charge in [-0.1, -0.05) is 19.9 Å². The van der Waals surface area contributed by atoms with Crippen LogP contribution in [0.3, 0.4) is 0 Å². The van der Waals surface area contributed by atoms with Gasteiger partial charge in [-0.05, 0) is 34.0 Å². The summed E-state index contributed by atoms with van der Waals surface area (Å²) in [7, 11) is 0. The van der Waals surface area contributed by atoms with Gasteiger partial charge < -0.3 is 10.0 Å². The second-order valence-electron chi connectivity index (χ2n) is 4.41. The third-order valence-corrected chi connectivity index (χ3v) is 3.02. The van der Waals surface area contributed by atoms with Crippen molar-refractivity contribution in [1.82, 2.24) is 0 Å². The van der Waals surface area contributed by atoms with Crippen molar-refractivity contribution in [3.63, 3.8) is 0 Å². The summed E-state index contributed by atoms with van der Waals surface area (Å²) in [5, 5.41) is 18.1. The lowest BCUT2D eigenvalue weighted by Gasteiger charge is -2.26. The molecule has 0 fully saturated rings. The molecule has 0 aromatic heterocycles. The highest BCUT2D eigenvalue weighted by molar-refractivity contribution is 9.10. The minimum Gasteiger partial charge on any atom is -0.480 e. The van der Waals surface area contributed by atoms with E-state index in [-0.39, 0.29) is 6.54 Å². The molecule has 0 aliphatic heterocycles. The van der Waals surface area contributed by atoms with Crippen molar-refractivity contribution in [2.75, 3.05) is 18.0 Å². The normalized spacial score (nSPS) is 10.2. The van der Waals surface area contributed by atoms with Crippen LogP contribution in [0, 0.1) is 17.2 Å². The van der Waals surface area contributed by atoms with Crippen LogP contribution in [0.25, 0.3) is 0 Å². The molecule has 0 radical (unpaired) electrons. The van der Waals surface area contributed by atoms with Gasteiger partial charge >= 0.3 is 5.97 Å². The Hall–Kier alpha value is -1.54. The first-order valence-electron chi connectivity index (χ1n) is 5.61. The van der Waals surface area contributed by atoms with Crippen LogP contribution in [0.15, 0.2) is 22.7 Å². The van der Waals surface area contributed by atoms with E-state index in [4.69, 9.17) is 10.4 Å². The molecule has 0 atom stereocenters. The fourth-order valence-corrected chi connectivity index (χ4v) is 2.18. The Morgan fingerprint density at radius 1 is 1.56 bits per heavy atom. The van der Waals surface area contributed by atoms with Gasteiger partial charge in [0.15, 0.2) is 0 Å². The van der Waals surface area contributed by atoms with Gasteiger partial charge in [0.05, 0.1) is 11.3 Å². The van der Waals surface area contributed by atoms with Crippen molar-refractivity contribution >= 4 is 27.6 Å². The smallest absolute Gasteiger partial charge is 0.323 e. The molecule has 0 bridgehead atoms. The number of nitriles is 1. The predicted octanol–water partition coefficient (Wildman–Crippen LogP) is 2.87. The van der Waals surface area contributed by atoms with E-state index in [2.05, 4.69) is 22.0 Å². The maximum Gasteiger partial charge on any atom is 0.323 e. The minimum atomic E-state index is -0.903. The first-order chi connectivity index (χ1) is 8.45. The van der Waals surface area contributed by atoms with E-state index in [1.165, 1.54) is 0 Å². The molecule has 1 N–H and O–H groups in total.